The number of halogens is 1. The highest BCUT2D eigenvalue weighted by molar-refractivity contribution is 6.31. The standard InChI is InChI=1S/C22H16ClN3O3/c1-28-17-11-9-14(10-12-17)20-25-22(29-26-20)18-7-2-3-8-19(18)24-21(27)15-5-4-6-16(23)13-15/h2-13H,1H3,(H,24,27). The molecule has 3 aromatic carbocycles. The van der Waals surface area contributed by atoms with Crippen LogP contribution >= 0.6 is 11.6 Å². The van der Waals surface area contributed by atoms with Gasteiger partial charge in [0.1, 0.15) is 5.75 Å². The van der Waals surface area contributed by atoms with Gasteiger partial charge in [-0.1, -0.05) is 35.0 Å². The van der Waals surface area contributed by atoms with E-state index in [1.165, 1.54) is 0 Å². The van der Waals surface area contributed by atoms with E-state index >= 15 is 0 Å². The summed E-state index contributed by atoms with van der Waals surface area (Å²) in [6.07, 6.45) is 0. The van der Waals surface area contributed by atoms with E-state index in [9.17, 15) is 4.79 Å². The molecular weight excluding hydrogens is 390 g/mol. The first-order valence-electron chi connectivity index (χ1n) is 8.78. The predicted octanol–water partition coefficient (Wildman–Crippen LogP) is 5.32. The number of rotatable bonds is 5. The van der Waals surface area contributed by atoms with Gasteiger partial charge in [0.2, 0.25) is 5.82 Å². The first-order valence-corrected chi connectivity index (χ1v) is 9.16. The Labute approximate surface area is 172 Å². The highest BCUT2D eigenvalue weighted by atomic mass is 35.5. The molecule has 0 fully saturated rings. The first kappa shape index (κ1) is 18.7. The van der Waals surface area contributed by atoms with Gasteiger partial charge in [-0.3, -0.25) is 4.79 Å². The number of anilines is 1. The van der Waals surface area contributed by atoms with Crippen molar-refractivity contribution in [3.05, 3.63) is 83.4 Å². The van der Waals surface area contributed by atoms with Gasteiger partial charge < -0.3 is 14.6 Å². The number of aromatic nitrogens is 2. The van der Waals surface area contributed by atoms with E-state index < -0.39 is 0 Å². The molecule has 0 bridgehead atoms. The third-order valence-electron chi connectivity index (χ3n) is 4.27. The molecule has 0 aliphatic carbocycles. The van der Waals surface area contributed by atoms with Crippen molar-refractivity contribution in [2.75, 3.05) is 12.4 Å². The van der Waals surface area contributed by atoms with Crippen LogP contribution in [0, 0.1) is 0 Å². The van der Waals surface area contributed by atoms with E-state index in [1.54, 1.807) is 43.5 Å². The number of carbonyl (C=O) groups is 1. The second-order valence-corrected chi connectivity index (χ2v) is 6.60. The normalized spacial score (nSPS) is 10.6. The molecule has 0 aliphatic heterocycles. The van der Waals surface area contributed by atoms with Crippen molar-refractivity contribution in [1.29, 1.82) is 0 Å². The molecule has 0 spiro atoms. The Morgan fingerprint density at radius 2 is 1.83 bits per heavy atom. The van der Waals surface area contributed by atoms with Gasteiger partial charge in [0, 0.05) is 16.1 Å². The molecule has 6 nitrogen and oxygen atoms in total. The lowest BCUT2D eigenvalue weighted by molar-refractivity contribution is 0.102. The summed E-state index contributed by atoms with van der Waals surface area (Å²) in [5.74, 6) is 1.21. The molecule has 7 heteroatoms. The number of para-hydroxylation sites is 1. The number of hydrogen-bond donors (Lipinski definition) is 1. The largest absolute Gasteiger partial charge is 0.497 e. The van der Waals surface area contributed by atoms with Crippen molar-refractivity contribution in [1.82, 2.24) is 10.1 Å². The second-order valence-electron chi connectivity index (χ2n) is 6.16. The number of ether oxygens (including phenoxy) is 1. The van der Waals surface area contributed by atoms with Crippen LogP contribution in [-0.4, -0.2) is 23.2 Å². The van der Waals surface area contributed by atoms with Crippen molar-refractivity contribution in [2.45, 2.75) is 0 Å². The molecule has 0 atom stereocenters. The van der Waals surface area contributed by atoms with E-state index in [0.717, 1.165) is 11.3 Å². The van der Waals surface area contributed by atoms with Gasteiger partial charge in [0.25, 0.3) is 11.8 Å². The van der Waals surface area contributed by atoms with Crippen LogP contribution in [-0.2, 0) is 0 Å². The van der Waals surface area contributed by atoms with Crippen LogP contribution in [0.5, 0.6) is 5.75 Å². The molecular formula is C22H16ClN3O3. The molecule has 0 radical (unpaired) electrons. The monoisotopic (exact) mass is 405 g/mol. The third kappa shape index (κ3) is 4.12. The minimum atomic E-state index is -0.283. The van der Waals surface area contributed by atoms with E-state index in [-0.39, 0.29) is 5.91 Å². The summed E-state index contributed by atoms with van der Waals surface area (Å²) < 4.78 is 10.6. The van der Waals surface area contributed by atoms with E-state index in [2.05, 4.69) is 15.5 Å². The fourth-order valence-electron chi connectivity index (χ4n) is 2.79. The summed E-state index contributed by atoms with van der Waals surface area (Å²) in [4.78, 5) is 17.1. The van der Waals surface area contributed by atoms with Gasteiger partial charge in [0.05, 0.1) is 18.4 Å². The fraction of sp³-hybridized carbons (Fsp3) is 0.0455. The van der Waals surface area contributed by atoms with E-state index in [4.69, 9.17) is 20.9 Å². The number of benzene rings is 3. The van der Waals surface area contributed by atoms with Gasteiger partial charge in [-0.25, -0.2) is 0 Å². The van der Waals surface area contributed by atoms with Gasteiger partial charge in [-0.05, 0) is 54.6 Å². The Balaban J connectivity index is 1.61. The van der Waals surface area contributed by atoms with Crippen LogP contribution in [0.1, 0.15) is 10.4 Å². The maximum atomic E-state index is 12.6. The van der Waals surface area contributed by atoms with Crippen LogP contribution in [0.15, 0.2) is 77.3 Å². The van der Waals surface area contributed by atoms with Gasteiger partial charge >= 0.3 is 0 Å². The Kier molecular flexibility index (Phi) is 5.27. The maximum absolute atomic E-state index is 12.6. The zero-order valence-corrected chi connectivity index (χ0v) is 16.2. The van der Waals surface area contributed by atoms with Gasteiger partial charge in [-0.15, -0.1) is 0 Å². The molecule has 1 heterocycles. The Morgan fingerprint density at radius 1 is 1.03 bits per heavy atom. The van der Waals surface area contributed by atoms with E-state index in [1.807, 2.05) is 36.4 Å². The molecule has 4 rings (SSSR count). The minimum absolute atomic E-state index is 0.283. The zero-order chi connectivity index (χ0) is 20.2. The van der Waals surface area contributed by atoms with Crippen LogP contribution < -0.4 is 10.1 Å². The highest BCUT2D eigenvalue weighted by Crippen LogP contribution is 2.29. The smallest absolute Gasteiger partial charge is 0.260 e. The average Bonchev–Trinajstić information content (AvgIpc) is 3.24. The molecule has 0 saturated heterocycles. The van der Waals surface area contributed by atoms with Crippen molar-refractivity contribution in [2.24, 2.45) is 0 Å². The van der Waals surface area contributed by atoms with Crippen LogP contribution in [0.2, 0.25) is 5.02 Å². The summed E-state index contributed by atoms with van der Waals surface area (Å²) >= 11 is 5.98. The molecule has 0 unspecified atom stereocenters. The fourth-order valence-corrected chi connectivity index (χ4v) is 2.98. The van der Waals surface area contributed by atoms with Crippen LogP contribution in [0.3, 0.4) is 0 Å². The topological polar surface area (TPSA) is 77.3 Å². The van der Waals surface area contributed by atoms with Crippen LogP contribution in [0.4, 0.5) is 5.69 Å². The summed E-state index contributed by atoms with van der Waals surface area (Å²) in [5, 5.41) is 7.42. The lowest BCUT2D eigenvalue weighted by atomic mass is 10.1. The summed E-state index contributed by atoms with van der Waals surface area (Å²) in [6, 6.07) is 21.3. The third-order valence-corrected chi connectivity index (χ3v) is 4.50. The van der Waals surface area contributed by atoms with Crippen molar-refractivity contribution in [3.8, 4) is 28.6 Å². The van der Waals surface area contributed by atoms with Crippen molar-refractivity contribution in [3.63, 3.8) is 0 Å². The lowest BCUT2D eigenvalue weighted by Gasteiger charge is -2.08. The lowest BCUT2D eigenvalue weighted by Crippen LogP contribution is -2.12. The highest BCUT2D eigenvalue weighted by Gasteiger charge is 2.16. The molecule has 1 N–H and O–H groups in total. The molecule has 4 aromatic rings. The number of carbonyl (C=O) groups excluding carboxylic acids is 1. The number of methoxy groups -OCH3 is 1. The molecule has 29 heavy (non-hydrogen) atoms. The van der Waals surface area contributed by atoms with E-state index in [0.29, 0.717) is 33.6 Å². The first-order chi connectivity index (χ1) is 14.1. The predicted molar refractivity (Wildman–Crippen MR) is 111 cm³/mol. The number of hydrogen-bond acceptors (Lipinski definition) is 5. The summed E-state index contributed by atoms with van der Waals surface area (Å²) in [5.41, 5.74) is 2.43. The molecule has 0 aliphatic rings. The SMILES string of the molecule is COc1ccc(-c2noc(-c3ccccc3NC(=O)c3cccc(Cl)c3)n2)cc1. The van der Waals surface area contributed by atoms with Crippen molar-refractivity contribution < 1.29 is 14.1 Å². The number of nitrogens with one attached hydrogen (secondary N) is 1. The van der Waals surface area contributed by atoms with Crippen LogP contribution in [0.25, 0.3) is 22.8 Å². The molecule has 1 amide bonds. The Bertz CT molecular complexity index is 1160. The molecule has 0 saturated carbocycles. The summed E-state index contributed by atoms with van der Waals surface area (Å²) in [6.45, 7) is 0. The zero-order valence-electron chi connectivity index (χ0n) is 15.4. The second kappa shape index (κ2) is 8.16. The number of nitrogens with zero attached hydrogens (tertiary/aromatic N) is 2. The van der Waals surface area contributed by atoms with Crippen molar-refractivity contribution >= 4 is 23.2 Å². The molecule has 1 aromatic heterocycles. The quantitative estimate of drug-likeness (QED) is 0.486. The number of amides is 1. The average molecular weight is 406 g/mol. The minimum Gasteiger partial charge on any atom is -0.497 e. The maximum Gasteiger partial charge on any atom is 0.260 e. The van der Waals surface area contributed by atoms with Gasteiger partial charge in [-0.2, -0.15) is 4.98 Å². The van der Waals surface area contributed by atoms with Gasteiger partial charge in [0.15, 0.2) is 0 Å². The Hall–Kier alpha value is -3.64. The Morgan fingerprint density at radius 3 is 2.59 bits per heavy atom. The summed E-state index contributed by atoms with van der Waals surface area (Å²) in [7, 11) is 1.61. The molecule has 144 valence electrons.